The van der Waals surface area contributed by atoms with Crippen molar-refractivity contribution >= 4 is 17.2 Å². The van der Waals surface area contributed by atoms with Gasteiger partial charge in [-0.15, -0.1) is 0 Å². The van der Waals surface area contributed by atoms with Gasteiger partial charge in [-0.05, 0) is 46.8 Å². The molecule has 2 aliphatic rings. The van der Waals surface area contributed by atoms with Crippen molar-refractivity contribution in [3.05, 3.63) is 76.4 Å². The number of fused-ring (bicyclic) bond motifs is 1. The number of hydrogen-bond donors (Lipinski definition) is 0. The van der Waals surface area contributed by atoms with E-state index in [1.54, 1.807) is 0 Å². The molecule has 2 aliphatic carbocycles. The summed E-state index contributed by atoms with van der Waals surface area (Å²) in [6, 6.07) is 8.09. The van der Waals surface area contributed by atoms with Gasteiger partial charge in [0.15, 0.2) is 0 Å². The molecule has 0 amide bonds. The molecule has 1 aromatic rings. The molecule has 0 aromatic heterocycles. The van der Waals surface area contributed by atoms with Crippen LogP contribution in [0.15, 0.2) is 65.8 Å². The predicted octanol–water partition coefficient (Wildman–Crippen LogP) is 5.19. The maximum Gasteiger partial charge on any atom is 0.0406 e. The van der Waals surface area contributed by atoms with Gasteiger partial charge in [0.05, 0.1) is 0 Å². The third-order valence-corrected chi connectivity index (χ3v) is 3.71. The van der Waals surface area contributed by atoms with E-state index < -0.39 is 0 Å². The van der Waals surface area contributed by atoms with Crippen LogP contribution in [0, 0.1) is 5.92 Å². The van der Waals surface area contributed by atoms with Gasteiger partial charge in [0.2, 0.25) is 0 Å². The second-order valence-electron chi connectivity index (χ2n) is 4.93. The van der Waals surface area contributed by atoms with Gasteiger partial charge in [-0.25, -0.2) is 0 Å². The van der Waals surface area contributed by atoms with E-state index >= 15 is 0 Å². The summed E-state index contributed by atoms with van der Waals surface area (Å²) in [7, 11) is 0. The van der Waals surface area contributed by atoms with Crippen molar-refractivity contribution in [2.75, 3.05) is 0 Å². The van der Waals surface area contributed by atoms with Crippen LogP contribution in [-0.4, -0.2) is 0 Å². The molecule has 18 heavy (non-hydrogen) atoms. The fourth-order valence-electron chi connectivity index (χ4n) is 2.62. The van der Waals surface area contributed by atoms with Gasteiger partial charge in [0.25, 0.3) is 0 Å². The summed E-state index contributed by atoms with van der Waals surface area (Å²) in [5.74, 6) is 0.633. The van der Waals surface area contributed by atoms with Crippen LogP contribution in [0.2, 0.25) is 5.02 Å². The SMILES string of the molecule is CC1C=C2C(=CC=CC=C2c2ccc(Cl)cc2)C1. The summed E-state index contributed by atoms with van der Waals surface area (Å²) in [5.41, 5.74) is 5.36. The lowest BCUT2D eigenvalue weighted by molar-refractivity contribution is 0.758. The Bertz CT molecular complexity index is 583. The van der Waals surface area contributed by atoms with Crippen LogP contribution in [0.25, 0.3) is 5.57 Å². The third kappa shape index (κ3) is 2.09. The van der Waals surface area contributed by atoms with E-state index in [2.05, 4.69) is 49.4 Å². The molecule has 0 bridgehead atoms. The van der Waals surface area contributed by atoms with Crippen molar-refractivity contribution in [2.45, 2.75) is 13.3 Å². The molecule has 3 rings (SSSR count). The van der Waals surface area contributed by atoms with Crippen molar-refractivity contribution in [2.24, 2.45) is 5.92 Å². The molecular weight excluding hydrogens is 240 g/mol. The number of benzene rings is 1. The zero-order valence-electron chi connectivity index (χ0n) is 10.4. The summed E-state index contributed by atoms with van der Waals surface area (Å²) in [6.45, 7) is 2.27. The Kier molecular flexibility index (Phi) is 2.97. The number of halogens is 1. The van der Waals surface area contributed by atoms with Gasteiger partial charge in [0.1, 0.15) is 0 Å². The average molecular weight is 255 g/mol. The quantitative estimate of drug-likeness (QED) is 0.647. The van der Waals surface area contributed by atoms with Crippen LogP contribution in [0.4, 0.5) is 0 Å². The molecule has 90 valence electrons. The number of hydrogen-bond acceptors (Lipinski definition) is 0. The fourth-order valence-corrected chi connectivity index (χ4v) is 2.75. The van der Waals surface area contributed by atoms with Crippen molar-refractivity contribution < 1.29 is 0 Å². The Morgan fingerprint density at radius 3 is 2.50 bits per heavy atom. The van der Waals surface area contributed by atoms with Crippen molar-refractivity contribution in [1.29, 1.82) is 0 Å². The van der Waals surface area contributed by atoms with Crippen LogP contribution >= 0.6 is 11.6 Å². The molecule has 0 spiro atoms. The Morgan fingerprint density at radius 1 is 1.00 bits per heavy atom. The fraction of sp³-hybridized carbons (Fsp3) is 0.176. The Labute approximate surface area is 113 Å². The van der Waals surface area contributed by atoms with Crippen LogP contribution in [-0.2, 0) is 0 Å². The summed E-state index contributed by atoms with van der Waals surface area (Å²) in [4.78, 5) is 0. The molecule has 0 heterocycles. The lowest BCUT2D eigenvalue weighted by Crippen LogP contribution is -1.89. The molecule has 1 aromatic carbocycles. The van der Waals surface area contributed by atoms with Crippen molar-refractivity contribution in [3.63, 3.8) is 0 Å². The molecule has 0 aliphatic heterocycles. The molecule has 0 radical (unpaired) electrons. The van der Waals surface area contributed by atoms with E-state index in [0.717, 1.165) is 11.4 Å². The molecule has 0 N–H and O–H groups in total. The van der Waals surface area contributed by atoms with Crippen LogP contribution in [0.5, 0.6) is 0 Å². The first-order chi connectivity index (χ1) is 8.74. The molecular formula is C17H15Cl. The Hall–Kier alpha value is -1.53. The average Bonchev–Trinajstić information content (AvgIpc) is 2.61. The van der Waals surface area contributed by atoms with Gasteiger partial charge in [0, 0.05) is 5.02 Å². The zero-order valence-corrected chi connectivity index (χ0v) is 11.1. The lowest BCUT2D eigenvalue weighted by Gasteiger charge is -2.10. The van der Waals surface area contributed by atoms with Gasteiger partial charge in [-0.3, -0.25) is 0 Å². The van der Waals surface area contributed by atoms with Gasteiger partial charge in [-0.2, -0.15) is 0 Å². The summed E-state index contributed by atoms with van der Waals surface area (Å²) >= 11 is 5.96. The molecule has 0 saturated heterocycles. The molecule has 0 fully saturated rings. The predicted molar refractivity (Wildman–Crippen MR) is 78.5 cm³/mol. The summed E-state index contributed by atoms with van der Waals surface area (Å²) in [5, 5.41) is 0.785. The lowest BCUT2D eigenvalue weighted by atomic mass is 9.95. The monoisotopic (exact) mass is 254 g/mol. The highest BCUT2D eigenvalue weighted by Gasteiger charge is 2.21. The maximum atomic E-state index is 5.96. The van der Waals surface area contributed by atoms with Crippen LogP contribution in [0.3, 0.4) is 0 Å². The second-order valence-corrected chi connectivity index (χ2v) is 5.36. The largest absolute Gasteiger partial charge is 0.0843 e. The summed E-state index contributed by atoms with van der Waals surface area (Å²) in [6.07, 6.45) is 12.2. The van der Waals surface area contributed by atoms with E-state index in [1.807, 2.05) is 12.1 Å². The van der Waals surface area contributed by atoms with E-state index in [9.17, 15) is 0 Å². The van der Waals surface area contributed by atoms with E-state index in [-0.39, 0.29) is 0 Å². The molecule has 0 nitrogen and oxygen atoms in total. The Morgan fingerprint density at radius 2 is 1.72 bits per heavy atom. The van der Waals surface area contributed by atoms with E-state index in [4.69, 9.17) is 11.6 Å². The first-order valence-corrected chi connectivity index (χ1v) is 6.68. The highest BCUT2D eigenvalue weighted by atomic mass is 35.5. The van der Waals surface area contributed by atoms with E-state index in [1.165, 1.54) is 22.3 Å². The standard InChI is InChI=1S/C17H15Cl/c1-12-10-14-4-2-3-5-16(17(14)11-12)13-6-8-15(18)9-7-13/h2-9,11-12H,10H2,1H3. The molecule has 1 unspecified atom stereocenters. The highest BCUT2D eigenvalue weighted by molar-refractivity contribution is 6.30. The van der Waals surface area contributed by atoms with Gasteiger partial charge in [-0.1, -0.05) is 61.0 Å². The second kappa shape index (κ2) is 4.62. The van der Waals surface area contributed by atoms with Gasteiger partial charge >= 0.3 is 0 Å². The third-order valence-electron chi connectivity index (χ3n) is 3.46. The molecule has 0 saturated carbocycles. The van der Waals surface area contributed by atoms with Crippen LogP contribution < -0.4 is 0 Å². The normalized spacial score (nSPS) is 21.9. The van der Waals surface area contributed by atoms with Crippen LogP contribution in [0.1, 0.15) is 18.9 Å². The Balaban J connectivity index is 2.08. The zero-order chi connectivity index (χ0) is 12.5. The van der Waals surface area contributed by atoms with E-state index in [0.29, 0.717) is 5.92 Å². The molecule has 1 atom stereocenters. The van der Waals surface area contributed by atoms with Crippen molar-refractivity contribution in [3.8, 4) is 0 Å². The first-order valence-electron chi connectivity index (χ1n) is 6.30. The smallest absolute Gasteiger partial charge is 0.0406 e. The summed E-state index contributed by atoms with van der Waals surface area (Å²) < 4.78 is 0. The minimum Gasteiger partial charge on any atom is -0.0843 e. The first kappa shape index (κ1) is 11.6. The highest BCUT2D eigenvalue weighted by Crippen LogP contribution is 2.39. The minimum atomic E-state index is 0.633. The topological polar surface area (TPSA) is 0 Å². The number of rotatable bonds is 1. The van der Waals surface area contributed by atoms with Gasteiger partial charge < -0.3 is 0 Å². The minimum absolute atomic E-state index is 0.633. The molecule has 1 heteroatoms. The number of allylic oxidation sites excluding steroid dienone is 8. The van der Waals surface area contributed by atoms with Crippen molar-refractivity contribution in [1.82, 2.24) is 0 Å². The maximum absolute atomic E-state index is 5.96.